The number of rotatable bonds is 0. The zero-order chi connectivity index (χ0) is 14.8. The van der Waals surface area contributed by atoms with Crippen molar-refractivity contribution in [3.63, 3.8) is 0 Å². The van der Waals surface area contributed by atoms with Crippen molar-refractivity contribution in [3.05, 3.63) is 81.9 Å². The minimum absolute atomic E-state index is 1.08. The molecular weight excluding hydrogens is 264 g/mol. The zero-order valence-electron chi connectivity index (χ0n) is 13.0. The predicted molar refractivity (Wildman–Crippen MR) is 92.4 cm³/mol. The monoisotopic (exact) mass is 282 g/mol. The summed E-state index contributed by atoms with van der Waals surface area (Å²) in [7, 11) is 0. The number of hydrogen-bond acceptors (Lipinski definition) is 0. The Bertz CT molecular complexity index is 944. The van der Waals surface area contributed by atoms with E-state index in [0.29, 0.717) is 0 Å². The van der Waals surface area contributed by atoms with Crippen molar-refractivity contribution in [2.75, 3.05) is 0 Å². The van der Waals surface area contributed by atoms with Gasteiger partial charge in [0.05, 0.1) is 0 Å². The van der Waals surface area contributed by atoms with Crippen LogP contribution in [0.15, 0.2) is 48.5 Å². The highest BCUT2D eigenvalue weighted by Crippen LogP contribution is 2.48. The van der Waals surface area contributed by atoms with E-state index in [1.165, 1.54) is 50.1 Å². The Labute approximate surface area is 131 Å². The molecule has 0 unspecified atom stereocenters. The third-order valence-corrected chi connectivity index (χ3v) is 5.33. The fourth-order valence-corrected chi connectivity index (χ4v) is 4.39. The van der Waals surface area contributed by atoms with E-state index in [0.717, 1.165) is 12.8 Å². The molecule has 3 aromatic carbocycles. The Hall–Kier alpha value is -2.34. The lowest BCUT2D eigenvalue weighted by atomic mass is 9.94. The van der Waals surface area contributed by atoms with Crippen LogP contribution in [0, 0.1) is 13.8 Å². The average Bonchev–Trinajstić information content (AvgIpc) is 3.05. The number of fused-ring (bicyclic) bond motifs is 7. The van der Waals surface area contributed by atoms with E-state index in [-0.39, 0.29) is 0 Å². The lowest BCUT2D eigenvalue weighted by Crippen LogP contribution is -1.89. The van der Waals surface area contributed by atoms with Gasteiger partial charge in [0, 0.05) is 0 Å². The van der Waals surface area contributed by atoms with Crippen LogP contribution in [0.3, 0.4) is 0 Å². The summed E-state index contributed by atoms with van der Waals surface area (Å²) in [6.07, 6.45) is 2.18. The third-order valence-electron chi connectivity index (χ3n) is 5.33. The molecule has 0 saturated carbocycles. The van der Waals surface area contributed by atoms with Gasteiger partial charge in [0.1, 0.15) is 0 Å². The van der Waals surface area contributed by atoms with Gasteiger partial charge >= 0.3 is 0 Å². The first-order chi connectivity index (χ1) is 10.7. The van der Waals surface area contributed by atoms with Crippen molar-refractivity contribution in [3.8, 4) is 22.3 Å². The maximum Gasteiger partial charge on any atom is -0.000718 e. The van der Waals surface area contributed by atoms with E-state index in [1.54, 1.807) is 5.56 Å². The molecule has 0 aliphatic heterocycles. The topological polar surface area (TPSA) is 0 Å². The first kappa shape index (κ1) is 12.2. The summed E-state index contributed by atoms with van der Waals surface area (Å²) in [5.74, 6) is 0. The van der Waals surface area contributed by atoms with Gasteiger partial charge in [0.15, 0.2) is 0 Å². The molecule has 0 spiro atoms. The van der Waals surface area contributed by atoms with Gasteiger partial charge in [-0.25, -0.2) is 0 Å². The second-order valence-electron chi connectivity index (χ2n) is 6.74. The minimum Gasteiger partial charge on any atom is -0.0619 e. The fourth-order valence-electron chi connectivity index (χ4n) is 4.39. The summed E-state index contributed by atoms with van der Waals surface area (Å²) in [5.41, 5.74) is 14.8. The van der Waals surface area contributed by atoms with E-state index < -0.39 is 0 Å². The summed E-state index contributed by atoms with van der Waals surface area (Å²) in [5, 5.41) is 0. The Balaban J connectivity index is 1.83. The molecule has 0 saturated heterocycles. The van der Waals surface area contributed by atoms with Crippen LogP contribution >= 0.6 is 0 Å². The van der Waals surface area contributed by atoms with E-state index in [2.05, 4.69) is 62.4 Å². The molecule has 0 nitrogen and oxygen atoms in total. The Kier molecular flexibility index (Phi) is 2.28. The van der Waals surface area contributed by atoms with Crippen LogP contribution in [0.4, 0.5) is 0 Å². The summed E-state index contributed by atoms with van der Waals surface area (Å²) in [6, 6.07) is 18.3. The maximum absolute atomic E-state index is 2.39. The molecule has 0 heterocycles. The number of aryl methyl sites for hydroxylation is 2. The van der Waals surface area contributed by atoms with Crippen LogP contribution < -0.4 is 0 Å². The van der Waals surface area contributed by atoms with Gasteiger partial charge in [0.25, 0.3) is 0 Å². The van der Waals surface area contributed by atoms with E-state index in [4.69, 9.17) is 0 Å². The molecule has 2 aliphatic rings. The van der Waals surface area contributed by atoms with E-state index in [1.807, 2.05) is 0 Å². The smallest absolute Gasteiger partial charge is 0.000718 e. The van der Waals surface area contributed by atoms with Crippen LogP contribution in [0.1, 0.15) is 33.4 Å². The van der Waals surface area contributed by atoms with Crippen LogP contribution in [0.2, 0.25) is 0 Å². The highest BCUT2D eigenvalue weighted by Gasteiger charge is 2.28. The Morgan fingerprint density at radius 1 is 0.682 bits per heavy atom. The summed E-state index contributed by atoms with van der Waals surface area (Å²) >= 11 is 0. The van der Waals surface area contributed by atoms with Crippen molar-refractivity contribution in [2.24, 2.45) is 0 Å². The molecule has 3 aromatic rings. The first-order valence-corrected chi connectivity index (χ1v) is 8.06. The highest BCUT2D eigenvalue weighted by atomic mass is 14.3. The molecule has 0 atom stereocenters. The molecule has 0 radical (unpaired) electrons. The van der Waals surface area contributed by atoms with Crippen LogP contribution in [0.25, 0.3) is 22.3 Å². The second kappa shape index (κ2) is 4.10. The molecule has 0 amide bonds. The fraction of sp³-hybridized carbons (Fsp3) is 0.182. The molecular formula is C22H18. The molecule has 106 valence electrons. The highest BCUT2D eigenvalue weighted by molar-refractivity contribution is 5.90. The first-order valence-electron chi connectivity index (χ1n) is 8.06. The van der Waals surface area contributed by atoms with Gasteiger partial charge in [-0.15, -0.1) is 0 Å². The second-order valence-corrected chi connectivity index (χ2v) is 6.74. The van der Waals surface area contributed by atoms with Gasteiger partial charge in [0.2, 0.25) is 0 Å². The quantitative estimate of drug-likeness (QED) is 0.354. The van der Waals surface area contributed by atoms with E-state index in [9.17, 15) is 0 Å². The van der Waals surface area contributed by atoms with Gasteiger partial charge < -0.3 is 0 Å². The molecule has 0 N–H and O–H groups in total. The number of hydrogen-bond donors (Lipinski definition) is 0. The van der Waals surface area contributed by atoms with Gasteiger partial charge in [-0.1, -0.05) is 54.1 Å². The van der Waals surface area contributed by atoms with Crippen molar-refractivity contribution >= 4 is 0 Å². The van der Waals surface area contributed by atoms with Crippen LogP contribution in [0.5, 0.6) is 0 Å². The van der Waals surface area contributed by atoms with Gasteiger partial charge in [-0.3, -0.25) is 0 Å². The lowest BCUT2D eigenvalue weighted by Gasteiger charge is -2.10. The summed E-state index contributed by atoms with van der Waals surface area (Å²) in [4.78, 5) is 0. The summed E-state index contributed by atoms with van der Waals surface area (Å²) < 4.78 is 0. The van der Waals surface area contributed by atoms with Crippen LogP contribution in [-0.2, 0) is 12.8 Å². The molecule has 5 rings (SSSR count). The molecule has 0 fully saturated rings. The minimum atomic E-state index is 1.08. The normalized spacial score (nSPS) is 13.5. The van der Waals surface area contributed by atoms with E-state index >= 15 is 0 Å². The zero-order valence-corrected chi connectivity index (χ0v) is 13.0. The van der Waals surface area contributed by atoms with Gasteiger partial charge in [-0.05, 0) is 76.8 Å². The molecule has 0 bridgehead atoms. The van der Waals surface area contributed by atoms with Crippen molar-refractivity contribution in [1.82, 2.24) is 0 Å². The van der Waals surface area contributed by atoms with Crippen molar-refractivity contribution in [2.45, 2.75) is 26.7 Å². The largest absolute Gasteiger partial charge is 0.0619 e. The van der Waals surface area contributed by atoms with Gasteiger partial charge in [-0.2, -0.15) is 0 Å². The maximum atomic E-state index is 2.39. The molecule has 22 heavy (non-hydrogen) atoms. The Morgan fingerprint density at radius 2 is 1.50 bits per heavy atom. The van der Waals surface area contributed by atoms with Crippen molar-refractivity contribution < 1.29 is 0 Å². The standard InChI is InChI=1S/C22H18/c1-13-9-14(2)19-12-16-7-8-18-17-6-4-3-5-15(17)11-21(18)22(16)20(19)10-13/h3-10H,11-12H2,1-2H3. The Morgan fingerprint density at radius 3 is 2.41 bits per heavy atom. The summed E-state index contributed by atoms with van der Waals surface area (Å²) in [6.45, 7) is 4.47. The van der Waals surface area contributed by atoms with Crippen molar-refractivity contribution in [1.29, 1.82) is 0 Å². The predicted octanol–water partition coefficient (Wildman–Crippen LogP) is 5.45. The molecule has 2 aliphatic carbocycles. The average molecular weight is 282 g/mol. The SMILES string of the molecule is Cc1cc(C)c2c(c1)-c1c(ccc3c1Cc1ccccc1-3)C2. The molecule has 0 aromatic heterocycles. The third kappa shape index (κ3) is 1.47. The lowest BCUT2D eigenvalue weighted by molar-refractivity contribution is 1.20. The van der Waals surface area contributed by atoms with Crippen LogP contribution in [-0.4, -0.2) is 0 Å². The number of benzene rings is 3. The molecule has 0 heteroatoms.